The van der Waals surface area contributed by atoms with E-state index in [1.54, 1.807) is 30.5 Å². The van der Waals surface area contributed by atoms with Crippen molar-refractivity contribution in [3.63, 3.8) is 0 Å². The topological polar surface area (TPSA) is 106 Å². The van der Waals surface area contributed by atoms with Crippen LogP contribution in [0, 0.1) is 0 Å². The van der Waals surface area contributed by atoms with Crippen LogP contribution in [0.15, 0.2) is 42.6 Å². The van der Waals surface area contributed by atoms with Gasteiger partial charge in [-0.3, -0.25) is 9.66 Å². The minimum Gasteiger partial charge on any atom is -0.447 e. The molecule has 4 rings (SSSR count). The van der Waals surface area contributed by atoms with Crippen molar-refractivity contribution in [3.8, 4) is 11.3 Å². The molecule has 1 aliphatic heterocycles. The molecule has 8 nitrogen and oxygen atoms in total. The summed E-state index contributed by atoms with van der Waals surface area (Å²) in [6, 6.07) is 10.7. The highest BCUT2D eigenvalue weighted by molar-refractivity contribution is 7.62. The standard InChI is InChI=1S/C17H16N3O5P/c1-23-26(22,24-2)16-13(12-8-5-9-18-12)14(19-20-16)15-10-6-3-4-7-11(10)17(21)25-15/h3-9,15,18H,1-2H3,(H,19,20). The van der Waals surface area contributed by atoms with E-state index >= 15 is 0 Å². The lowest BCUT2D eigenvalue weighted by Crippen LogP contribution is -2.13. The first kappa shape index (κ1) is 16.8. The van der Waals surface area contributed by atoms with Crippen LogP contribution in [-0.4, -0.2) is 35.4 Å². The number of fused-ring (bicyclic) bond motifs is 1. The quantitative estimate of drug-likeness (QED) is 0.526. The second-order valence-corrected chi connectivity index (χ2v) is 7.80. The first-order valence-corrected chi connectivity index (χ1v) is 9.37. The van der Waals surface area contributed by atoms with Crippen molar-refractivity contribution >= 4 is 19.0 Å². The summed E-state index contributed by atoms with van der Waals surface area (Å²) in [5, 5.41) is 7.04. The molecular weight excluding hydrogens is 357 g/mol. The van der Waals surface area contributed by atoms with Crippen LogP contribution in [-0.2, 0) is 18.3 Å². The molecule has 9 heteroatoms. The van der Waals surface area contributed by atoms with Gasteiger partial charge in [-0.2, -0.15) is 5.10 Å². The molecule has 1 atom stereocenters. The fourth-order valence-corrected chi connectivity index (χ4v) is 4.27. The zero-order chi connectivity index (χ0) is 18.3. The predicted molar refractivity (Wildman–Crippen MR) is 93.3 cm³/mol. The zero-order valence-electron chi connectivity index (χ0n) is 14.1. The van der Waals surface area contributed by atoms with Crippen LogP contribution in [0.5, 0.6) is 0 Å². The van der Waals surface area contributed by atoms with E-state index in [0.29, 0.717) is 28.1 Å². The number of cyclic esters (lactones) is 1. The summed E-state index contributed by atoms with van der Waals surface area (Å²) in [5.41, 5.74) is 2.98. The van der Waals surface area contributed by atoms with Crippen LogP contribution in [0.25, 0.3) is 11.3 Å². The van der Waals surface area contributed by atoms with Gasteiger partial charge in [-0.25, -0.2) is 4.79 Å². The van der Waals surface area contributed by atoms with E-state index in [-0.39, 0.29) is 5.44 Å². The normalized spacial score (nSPS) is 16.5. The maximum Gasteiger partial charge on any atom is 0.381 e. The van der Waals surface area contributed by atoms with Gasteiger partial charge in [0.1, 0.15) is 0 Å². The van der Waals surface area contributed by atoms with Gasteiger partial charge in [-0.1, -0.05) is 18.2 Å². The summed E-state index contributed by atoms with van der Waals surface area (Å²) in [5.74, 6) is -0.416. The second-order valence-electron chi connectivity index (χ2n) is 5.65. The number of rotatable bonds is 5. The van der Waals surface area contributed by atoms with Gasteiger partial charge in [0.25, 0.3) is 0 Å². The van der Waals surface area contributed by atoms with Crippen LogP contribution in [0.1, 0.15) is 27.7 Å². The number of hydrogen-bond acceptors (Lipinski definition) is 6. The van der Waals surface area contributed by atoms with Crippen LogP contribution < -0.4 is 5.44 Å². The van der Waals surface area contributed by atoms with Gasteiger partial charge in [-0.05, 0) is 18.2 Å². The lowest BCUT2D eigenvalue weighted by atomic mass is 10.00. The molecule has 1 aliphatic rings. The Morgan fingerprint density at radius 1 is 1.15 bits per heavy atom. The maximum atomic E-state index is 13.0. The van der Waals surface area contributed by atoms with Crippen molar-refractivity contribution < 1.29 is 23.1 Å². The van der Waals surface area contributed by atoms with Crippen molar-refractivity contribution in [1.82, 2.24) is 15.2 Å². The Morgan fingerprint density at radius 2 is 1.92 bits per heavy atom. The highest BCUT2D eigenvalue weighted by atomic mass is 31.2. The van der Waals surface area contributed by atoms with Crippen LogP contribution >= 0.6 is 7.60 Å². The molecule has 0 radical (unpaired) electrons. The molecule has 3 heterocycles. The lowest BCUT2D eigenvalue weighted by Gasteiger charge is -2.14. The third kappa shape index (κ3) is 2.42. The highest BCUT2D eigenvalue weighted by Crippen LogP contribution is 2.49. The van der Waals surface area contributed by atoms with E-state index in [4.69, 9.17) is 13.8 Å². The number of nitrogens with one attached hydrogen (secondary N) is 2. The van der Waals surface area contributed by atoms with Gasteiger partial charge in [0.05, 0.1) is 16.8 Å². The van der Waals surface area contributed by atoms with Crippen molar-refractivity contribution in [1.29, 1.82) is 0 Å². The van der Waals surface area contributed by atoms with E-state index in [2.05, 4.69) is 15.2 Å². The molecule has 1 unspecified atom stereocenters. The van der Waals surface area contributed by atoms with Gasteiger partial charge < -0.3 is 18.8 Å². The molecule has 3 aromatic rings. The monoisotopic (exact) mass is 373 g/mol. The zero-order valence-corrected chi connectivity index (χ0v) is 14.9. The average Bonchev–Trinajstić information content (AvgIpc) is 3.39. The Bertz CT molecular complexity index is 1000. The fourth-order valence-electron chi connectivity index (χ4n) is 3.09. The Balaban J connectivity index is 1.93. The molecule has 0 bridgehead atoms. The van der Waals surface area contributed by atoms with Gasteiger partial charge in [0, 0.05) is 31.7 Å². The summed E-state index contributed by atoms with van der Waals surface area (Å²) < 4.78 is 28.7. The number of H-pyrrole nitrogens is 2. The number of carbonyl (C=O) groups is 1. The molecule has 134 valence electrons. The minimum absolute atomic E-state index is 0.125. The van der Waals surface area contributed by atoms with Crippen molar-refractivity contribution in [2.75, 3.05) is 14.2 Å². The number of aromatic amines is 2. The molecule has 0 saturated carbocycles. The Kier molecular flexibility index (Phi) is 4.03. The Morgan fingerprint density at radius 3 is 2.62 bits per heavy atom. The molecule has 26 heavy (non-hydrogen) atoms. The van der Waals surface area contributed by atoms with E-state index in [9.17, 15) is 9.36 Å². The molecule has 0 spiro atoms. The molecule has 2 aromatic heterocycles. The number of esters is 1. The first-order valence-electron chi connectivity index (χ1n) is 7.83. The van der Waals surface area contributed by atoms with Crippen molar-refractivity contribution in [3.05, 3.63) is 59.4 Å². The van der Waals surface area contributed by atoms with E-state index in [0.717, 1.165) is 0 Å². The van der Waals surface area contributed by atoms with Gasteiger partial charge in [0.15, 0.2) is 11.5 Å². The summed E-state index contributed by atoms with van der Waals surface area (Å²) in [6.45, 7) is 0. The SMILES string of the molecule is COP(=O)(OC)c1n[nH]c(C2OC(=O)c3ccccc32)c1-c1ccc[nH]1. The third-order valence-corrected chi connectivity index (χ3v) is 6.14. The molecular formula is C17H16N3O5P. The number of ether oxygens (including phenoxy) is 1. The Labute approximate surface area is 149 Å². The molecule has 2 N–H and O–H groups in total. The van der Waals surface area contributed by atoms with Gasteiger partial charge in [-0.15, -0.1) is 0 Å². The third-order valence-electron chi connectivity index (χ3n) is 4.33. The molecule has 0 saturated heterocycles. The summed E-state index contributed by atoms with van der Waals surface area (Å²) in [6.07, 6.45) is 1.04. The molecule has 1 aromatic carbocycles. The van der Waals surface area contributed by atoms with Crippen LogP contribution in [0.2, 0.25) is 0 Å². The molecule has 0 fully saturated rings. The smallest absolute Gasteiger partial charge is 0.381 e. The van der Waals surface area contributed by atoms with E-state index < -0.39 is 19.7 Å². The minimum atomic E-state index is -3.63. The second kappa shape index (κ2) is 6.25. The number of hydrogen-bond donors (Lipinski definition) is 2. The highest BCUT2D eigenvalue weighted by Gasteiger charge is 2.40. The van der Waals surface area contributed by atoms with Gasteiger partial charge >= 0.3 is 13.6 Å². The summed E-state index contributed by atoms with van der Waals surface area (Å²) in [7, 11) is -1.05. The summed E-state index contributed by atoms with van der Waals surface area (Å²) >= 11 is 0. The van der Waals surface area contributed by atoms with Crippen molar-refractivity contribution in [2.45, 2.75) is 6.10 Å². The Hall–Kier alpha value is -2.67. The van der Waals surface area contributed by atoms with Gasteiger partial charge in [0.2, 0.25) is 0 Å². The summed E-state index contributed by atoms with van der Waals surface area (Å²) in [4.78, 5) is 15.3. The number of aromatic nitrogens is 3. The molecule has 0 amide bonds. The number of carbonyl (C=O) groups excluding carboxylic acids is 1. The maximum absolute atomic E-state index is 13.0. The average molecular weight is 373 g/mol. The molecule has 0 aliphatic carbocycles. The lowest BCUT2D eigenvalue weighted by molar-refractivity contribution is 0.0450. The van der Waals surface area contributed by atoms with Crippen molar-refractivity contribution in [2.24, 2.45) is 0 Å². The fraction of sp³-hybridized carbons (Fsp3) is 0.176. The van der Waals surface area contributed by atoms with E-state index in [1.165, 1.54) is 14.2 Å². The number of benzene rings is 1. The number of nitrogens with zero attached hydrogens (tertiary/aromatic N) is 1. The predicted octanol–water partition coefficient (Wildman–Crippen LogP) is 2.78. The van der Waals surface area contributed by atoms with E-state index in [1.807, 2.05) is 12.1 Å². The first-order chi connectivity index (χ1) is 12.6. The largest absolute Gasteiger partial charge is 0.447 e. The van der Waals surface area contributed by atoms with Crippen LogP contribution in [0.3, 0.4) is 0 Å². The van der Waals surface area contributed by atoms with Crippen LogP contribution in [0.4, 0.5) is 0 Å².